The van der Waals surface area contributed by atoms with Gasteiger partial charge >= 0.3 is 5.97 Å². The van der Waals surface area contributed by atoms with E-state index in [0.717, 1.165) is 5.56 Å². The molecule has 3 N–H and O–H groups in total. The standard InChI is InChI=1S/C12H15NO4/c1-12(11(15)16)8-6-10(17-2)9(14)5-7(8)3-4-13-12/h5-6,13-14H,3-4H2,1-2H3,(H,15,16)/t12-/m1/s1. The lowest BCUT2D eigenvalue weighted by atomic mass is 9.83. The van der Waals surface area contributed by atoms with Crippen molar-refractivity contribution in [3.05, 3.63) is 23.3 Å². The van der Waals surface area contributed by atoms with Gasteiger partial charge in [0.1, 0.15) is 5.54 Å². The quantitative estimate of drug-likeness (QED) is 0.710. The monoisotopic (exact) mass is 237 g/mol. The van der Waals surface area contributed by atoms with Gasteiger partial charge in [0.05, 0.1) is 7.11 Å². The van der Waals surface area contributed by atoms with Crippen LogP contribution in [0.2, 0.25) is 0 Å². The van der Waals surface area contributed by atoms with Crippen LogP contribution in [-0.2, 0) is 16.8 Å². The van der Waals surface area contributed by atoms with Crippen molar-refractivity contribution in [1.82, 2.24) is 5.32 Å². The first-order valence-electron chi connectivity index (χ1n) is 5.38. The molecule has 17 heavy (non-hydrogen) atoms. The van der Waals surface area contributed by atoms with E-state index in [9.17, 15) is 15.0 Å². The van der Waals surface area contributed by atoms with Crippen molar-refractivity contribution in [2.45, 2.75) is 18.9 Å². The SMILES string of the molecule is COc1cc2c(cc1O)CCN[C@@]2(C)C(=O)O. The Kier molecular flexibility index (Phi) is 2.71. The van der Waals surface area contributed by atoms with Gasteiger partial charge in [0, 0.05) is 6.54 Å². The van der Waals surface area contributed by atoms with Gasteiger partial charge in [-0.25, -0.2) is 4.79 Å². The number of phenols is 1. The number of methoxy groups -OCH3 is 1. The maximum absolute atomic E-state index is 11.4. The van der Waals surface area contributed by atoms with Gasteiger partial charge < -0.3 is 14.9 Å². The lowest BCUT2D eigenvalue weighted by Gasteiger charge is -2.33. The van der Waals surface area contributed by atoms with E-state index in [1.807, 2.05) is 0 Å². The summed E-state index contributed by atoms with van der Waals surface area (Å²) >= 11 is 0. The molecule has 0 unspecified atom stereocenters. The van der Waals surface area contributed by atoms with Crippen LogP contribution in [-0.4, -0.2) is 29.8 Å². The van der Waals surface area contributed by atoms with Gasteiger partial charge in [-0.15, -0.1) is 0 Å². The number of aliphatic carboxylic acids is 1. The number of hydrogen-bond acceptors (Lipinski definition) is 4. The zero-order chi connectivity index (χ0) is 12.6. The molecule has 0 spiro atoms. The molecule has 5 nitrogen and oxygen atoms in total. The molecule has 0 saturated heterocycles. The predicted octanol–water partition coefficient (Wildman–Crippen LogP) is 0.846. The third kappa shape index (κ3) is 1.72. The van der Waals surface area contributed by atoms with Crippen LogP contribution in [0.3, 0.4) is 0 Å². The van der Waals surface area contributed by atoms with E-state index in [1.165, 1.54) is 7.11 Å². The Bertz CT molecular complexity index is 472. The lowest BCUT2D eigenvalue weighted by Crippen LogP contribution is -2.50. The first-order valence-corrected chi connectivity index (χ1v) is 5.38. The minimum atomic E-state index is -1.13. The number of carbonyl (C=O) groups is 1. The number of phenolic OH excluding ortho intramolecular Hbond substituents is 1. The van der Waals surface area contributed by atoms with Crippen LogP contribution in [0.1, 0.15) is 18.1 Å². The summed E-state index contributed by atoms with van der Waals surface area (Å²) in [6, 6.07) is 3.17. The molecule has 0 saturated carbocycles. The van der Waals surface area contributed by atoms with E-state index < -0.39 is 11.5 Å². The highest BCUT2D eigenvalue weighted by atomic mass is 16.5. The molecule has 1 aliphatic rings. The third-order valence-electron chi connectivity index (χ3n) is 3.24. The van der Waals surface area contributed by atoms with Crippen LogP contribution in [0.4, 0.5) is 0 Å². The third-order valence-corrected chi connectivity index (χ3v) is 3.24. The summed E-state index contributed by atoms with van der Waals surface area (Å²) in [6.45, 7) is 2.19. The van der Waals surface area contributed by atoms with E-state index in [-0.39, 0.29) is 5.75 Å². The second kappa shape index (κ2) is 3.92. The van der Waals surface area contributed by atoms with E-state index in [1.54, 1.807) is 19.1 Å². The predicted molar refractivity (Wildman–Crippen MR) is 61.4 cm³/mol. The van der Waals surface area contributed by atoms with Crippen molar-refractivity contribution < 1.29 is 19.7 Å². The Labute approximate surface area is 99.0 Å². The van der Waals surface area contributed by atoms with Gasteiger partial charge in [-0.2, -0.15) is 0 Å². The van der Waals surface area contributed by atoms with Crippen LogP contribution >= 0.6 is 0 Å². The highest BCUT2D eigenvalue weighted by molar-refractivity contribution is 5.81. The number of hydrogen-bond donors (Lipinski definition) is 3. The second-order valence-electron chi connectivity index (χ2n) is 4.29. The first kappa shape index (κ1) is 11.7. The summed E-state index contributed by atoms with van der Waals surface area (Å²) in [4.78, 5) is 11.4. The van der Waals surface area contributed by atoms with Crippen molar-refractivity contribution in [1.29, 1.82) is 0 Å². The molecule has 1 aromatic carbocycles. The van der Waals surface area contributed by atoms with Gasteiger partial charge in [-0.05, 0) is 36.6 Å². The van der Waals surface area contributed by atoms with E-state index in [4.69, 9.17) is 4.74 Å². The molecule has 0 radical (unpaired) electrons. The molecular formula is C12H15NO4. The topological polar surface area (TPSA) is 78.8 Å². The van der Waals surface area contributed by atoms with E-state index in [0.29, 0.717) is 24.3 Å². The molecule has 0 aliphatic carbocycles. The molecule has 1 heterocycles. The van der Waals surface area contributed by atoms with Crippen LogP contribution in [0.15, 0.2) is 12.1 Å². The molecule has 0 fully saturated rings. The number of benzene rings is 1. The Hall–Kier alpha value is -1.75. The first-order chi connectivity index (χ1) is 7.99. The average molecular weight is 237 g/mol. The molecule has 1 atom stereocenters. The number of ether oxygens (including phenoxy) is 1. The fourth-order valence-electron chi connectivity index (χ4n) is 2.18. The number of carboxylic acid groups (broad SMARTS) is 1. The van der Waals surface area contributed by atoms with Gasteiger partial charge in [0.25, 0.3) is 0 Å². The molecule has 0 amide bonds. The fourth-order valence-corrected chi connectivity index (χ4v) is 2.18. The number of carboxylic acids is 1. The van der Waals surface area contributed by atoms with Crippen LogP contribution in [0, 0.1) is 0 Å². The Balaban J connectivity index is 2.61. The van der Waals surface area contributed by atoms with Crippen LogP contribution in [0.5, 0.6) is 11.5 Å². The summed E-state index contributed by atoms with van der Waals surface area (Å²) in [6.07, 6.45) is 0.690. The van der Waals surface area contributed by atoms with Crippen molar-refractivity contribution >= 4 is 5.97 Å². The minimum absolute atomic E-state index is 0.0425. The normalized spacial score (nSPS) is 22.9. The maximum Gasteiger partial charge on any atom is 0.328 e. The zero-order valence-corrected chi connectivity index (χ0v) is 9.78. The molecule has 0 bridgehead atoms. The molecule has 5 heteroatoms. The Morgan fingerprint density at radius 3 is 2.82 bits per heavy atom. The van der Waals surface area contributed by atoms with Crippen LogP contribution in [0.25, 0.3) is 0 Å². The van der Waals surface area contributed by atoms with E-state index >= 15 is 0 Å². The van der Waals surface area contributed by atoms with Crippen LogP contribution < -0.4 is 10.1 Å². The van der Waals surface area contributed by atoms with Gasteiger partial charge in [0.2, 0.25) is 0 Å². The Morgan fingerprint density at radius 1 is 1.53 bits per heavy atom. The average Bonchev–Trinajstić information content (AvgIpc) is 2.28. The van der Waals surface area contributed by atoms with Crippen molar-refractivity contribution in [3.63, 3.8) is 0 Å². The van der Waals surface area contributed by atoms with E-state index in [2.05, 4.69) is 5.32 Å². The number of fused-ring (bicyclic) bond motifs is 1. The molecular weight excluding hydrogens is 222 g/mol. The van der Waals surface area contributed by atoms with Crippen molar-refractivity contribution in [2.75, 3.05) is 13.7 Å². The summed E-state index contributed by atoms with van der Waals surface area (Å²) in [5.74, 6) is -0.605. The summed E-state index contributed by atoms with van der Waals surface area (Å²) in [5, 5.41) is 22.0. The smallest absolute Gasteiger partial charge is 0.328 e. The lowest BCUT2D eigenvalue weighted by molar-refractivity contribution is -0.144. The van der Waals surface area contributed by atoms with Crippen molar-refractivity contribution in [3.8, 4) is 11.5 Å². The van der Waals surface area contributed by atoms with Gasteiger partial charge in [-0.1, -0.05) is 0 Å². The number of aromatic hydroxyl groups is 1. The highest BCUT2D eigenvalue weighted by Gasteiger charge is 2.39. The molecule has 0 aromatic heterocycles. The van der Waals surface area contributed by atoms with Crippen molar-refractivity contribution in [2.24, 2.45) is 0 Å². The highest BCUT2D eigenvalue weighted by Crippen LogP contribution is 2.37. The summed E-state index contributed by atoms with van der Waals surface area (Å²) in [5.41, 5.74) is 0.354. The zero-order valence-electron chi connectivity index (χ0n) is 9.78. The number of rotatable bonds is 2. The number of nitrogens with one attached hydrogen (secondary N) is 1. The Morgan fingerprint density at radius 2 is 2.24 bits per heavy atom. The van der Waals surface area contributed by atoms with Gasteiger partial charge in [0.15, 0.2) is 11.5 Å². The minimum Gasteiger partial charge on any atom is -0.504 e. The summed E-state index contributed by atoms with van der Waals surface area (Å²) in [7, 11) is 1.44. The molecule has 1 aliphatic heterocycles. The molecule has 92 valence electrons. The molecule has 2 rings (SSSR count). The largest absolute Gasteiger partial charge is 0.504 e. The summed E-state index contributed by atoms with van der Waals surface area (Å²) < 4.78 is 5.01. The molecule has 1 aromatic rings. The second-order valence-corrected chi connectivity index (χ2v) is 4.29. The fraction of sp³-hybridized carbons (Fsp3) is 0.417. The maximum atomic E-state index is 11.4. The van der Waals surface area contributed by atoms with Gasteiger partial charge in [-0.3, -0.25) is 5.32 Å².